The third-order valence-corrected chi connectivity index (χ3v) is 3.79. The molecule has 0 aliphatic carbocycles. The van der Waals surface area contributed by atoms with E-state index in [0.717, 1.165) is 29.4 Å². The normalized spacial score (nSPS) is 12.5. The molecule has 1 unspecified atom stereocenters. The molecular weight excluding hydrogens is 260 g/mol. The zero-order valence-corrected chi connectivity index (χ0v) is 13.0. The van der Waals surface area contributed by atoms with Crippen molar-refractivity contribution in [3.63, 3.8) is 0 Å². The van der Waals surface area contributed by atoms with Crippen LogP contribution >= 0.6 is 11.8 Å². The lowest BCUT2D eigenvalue weighted by atomic mass is 10.0. The molecule has 0 saturated carbocycles. The largest absolute Gasteiger partial charge is 0.493 e. The predicted molar refractivity (Wildman–Crippen MR) is 82.4 cm³/mol. The van der Waals surface area contributed by atoms with E-state index >= 15 is 0 Å². The second kappa shape index (κ2) is 8.30. The van der Waals surface area contributed by atoms with Crippen LogP contribution in [0, 0.1) is 0 Å². The molecule has 0 spiro atoms. The summed E-state index contributed by atoms with van der Waals surface area (Å²) in [7, 11) is 5.40. The van der Waals surface area contributed by atoms with Gasteiger partial charge in [0, 0.05) is 24.4 Å². The Balaban J connectivity index is 3.03. The molecule has 0 heterocycles. The number of nitrogens with zero attached hydrogens (tertiary/aromatic N) is 1. The van der Waals surface area contributed by atoms with E-state index in [1.165, 1.54) is 0 Å². The van der Waals surface area contributed by atoms with E-state index in [0.29, 0.717) is 6.54 Å². The van der Waals surface area contributed by atoms with Crippen molar-refractivity contribution < 1.29 is 9.47 Å². The molecule has 19 heavy (non-hydrogen) atoms. The Morgan fingerprint density at radius 1 is 1.32 bits per heavy atom. The predicted octanol–water partition coefficient (Wildman–Crippen LogP) is 2.00. The number of hydrogen-bond donors (Lipinski definition) is 1. The van der Waals surface area contributed by atoms with Gasteiger partial charge < -0.3 is 15.2 Å². The second-order valence-corrected chi connectivity index (χ2v) is 5.29. The quantitative estimate of drug-likeness (QED) is 0.791. The molecule has 1 aromatic rings. The van der Waals surface area contributed by atoms with Crippen LogP contribution in [0.15, 0.2) is 18.2 Å². The topological polar surface area (TPSA) is 47.7 Å². The van der Waals surface area contributed by atoms with Crippen LogP contribution in [0.2, 0.25) is 0 Å². The third-order valence-electron chi connectivity index (χ3n) is 3.20. The van der Waals surface area contributed by atoms with Gasteiger partial charge in [-0.1, -0.05) is 12.1 Å². The highest BCUT2D eigenvalue weighted by molar-refractivity contribution is 7.98. The van der Waals surface area contributed by atoms with E-state index in [-0.39, 0.29) is 6.04 Å². The van der Waals surface area contributed by atoms with Gasteiger partial charge in [-0.15, -0.1) is 0 Å². The molecule has 0 aliphatic rings. The molecule has 0 radical (unpaired) electrons. The molecule has 1 rings (SSSR count). The Hall–Kier alpha value is -0.910. The number of thioether (sulfide) groups is 1. The third kappa shape index (κ3) is 4.03. The summed E-state index contributed by atoms with van der Waals surface area (Å²) < 4.78 is 10.8. The molecule has 0 amide bonds. The van der Waals surface area contributed by atoms with Gasteiger partial charge in [0.15, 0.2) is 11.5 Å². The Labute approximate surface area is 120 Å². The average Bonchev–Trinajstić information content (AvgIpc) is 2.45. The number of ether oxygens (including phenoxy) is 2. The first-order valence-electron chi connectivity index (χ1n) is 6.29. The average molecular weight is 284 g/mol. The first kappa shape index (κ1) is 16.1. The molecule has 108 valence electrons. The lowest BCUT2D eigenvalue weighted by Gasteiger charge is -2.28. The van der Waals surface area contributed by atoms with Gasteiger partial charge in [0.25, 0.3) is 0 Å². The molecule has 1 aromatic carbocycles. The van der Waals surface area contributed by atoms with Crippen LogP contribution in [0.1, 0.15) is 11.6 Å². The van der Waals surface area contributed by atoms with Crippen LogP contribution in [0.3, 0.4) is 0 Å². The van der Waals surface area contributed by atoms with Crippen LogP contribution in [-0.2, 0) is 0 Å². The Kier molecular flexibility index (Phi) is 7.05. The summed E-state index contributed by atoms with van der Waals surface area (Å²) in [5.41, 5.74) is 7.02. The van der Waals surface area contributed by atoms with E-state index < -0.39 is 0 Å². The maximum atomic E-state index is 5.95. The smallest absolute Gasteiger partial charge is 0.165 e. The van der Waals surface area contributed by atoms with E-state index in [1.807, 2.05) is 23.9 Å². The van der Waals surface area contributed by atoms with Gasteiger partial charge in [0.1, 0.15) is 0 Å². The van der Waals surface area contributed by atoms with Crippen molar-refractivity contribution in [1.29, 1.82) is 0 Å². The van der Waals surface area contributed by atoms with Crippen LogP contribution in [0.5, 0.6) is 11.5 Å². The number of likely N-dealkylation sites (N-methyl/N-ethyl adjacent to an activating group) is 1. The lowest BCUT2D eigenvalue weighted by molar-refractivity contribution is 0.255. The van der Waals surface area contributed by atoms with E-state index in [2.05, 4.69) is 24.3 Å². The number of para-hydroxylation sites is 1. The first-order valence-corrected chi connectivity index (χ1v) is 7.69. The minimum Gasteiger partial charge on any atom is -0.493 e. The molecule has 2 N–H and O–H groups in total. The first-order chi connectivity index (χ1) is 9.19. The molecule has 0 aliphatic heterocycles. The highest BCUT2D eigenvalue weighted by Crippen LogP contribution is 2.36. The van der Waals surface area contributed by atoms with Crippen molar-refractivity contribution >= 4 is 11.8 Å². The monoisotopic (exact) mass is 284 g/mol. The summed E-state index contributed by atoms with van der Waals surface area (Å²) >= 11 is 1.83. The van der Waals surface area contributed by atoms with Gasteiger partial charge in [-0.05, 0) is 19.4 Å². The van der Waals surface area contributed by atoms with Gasteiger partial charge in [-0.25, -0.2) is 0 Å². The summed E-state index contributed by atoms with van der Waals surface area (Å²) in [6, 6.07) is 6.06. The van der Waals surface area contributed by atoms with Crippen molar-refractivity contribution in [3.8, 4) is 11.5 Å². The zero-order valence-electron chi connectivity index (χ0n) is 12.2. The Morgan fingerprint density at radius 2 is 2.05 bits per heavy atom. The van der Waals surface area contributed by atoms with E-state index in [9.17, 15) is 0 Å². The minimum absolute atomic E-state index is 0.136. The van der Waals surface area contributed by atoms with Gasteiger partial charge in [0.2, 0.25) is 0 Å². The molecule has 4 nitrogen and oxygen atoms in total. The fourth-order valence-corrected chi connectivity index (χ4v) is 2.58. The molecule has 5 heteroatoms. The number of rotatable bonds is 8. The van der Waals surface area contributed by atoms with Crippen LogP contribution in [-0.4, -0.2) is 51.3 Å². The highest BCUT2D eigenvalue weighted by Gasteiger charge is 2.21. The Bertz CT molecular complexity index is 388. The number of nitrogens with two attached hydrogens (primary N) is 1. The molecule has 1 atom stereocenters. The number of benzene rings is 1. The van der Waals surface area contributed by atoms with Crippen molar-refractivity contribution in [3.05, 3.63) is 23.8 Å². The minimum atomic E-state index is 0.136. The summed E-state index contributed by atoms with van der Waals surface area (Å²) in [5, 5.41) is 0. The van der Waals surface area contributed by atoms with Crippen molar-refractivity contribution in [1.82, 2.24) is 4.90 Å². The molecule has 0 saturated heterocycles. The van der Waals surface area contributed by atoms with Crippen LogP contribution in [0.4, 0.5) is 0 Å². The van der Waals surface area contributed by atoms with Crippen LogP contribution < -0.4 is 15.2 Å². The summed E-state index contributed by atoms with van der Waals surface area (Å²) in [5.74, 6) is 2.60. The van der Waals surface area contributed by atoms with E-state index in [1.54, 1.807) is 14.2 Å². The molecule has 0 fully saturated rings. The fourth-order valence-electron chi connectivity index (χ4n) is 2.11. The van der Waals surface area contributed by atoms with Gasteiger partial charge >= 0.3 is 0 Å². The molecule has 0 bridgehead atoms. The zero-order chi connectivity index (χ0) is 14.3. The van der Waals surface area contributed by atoms with Crippen molar-refractivity contribution in [2.24, 2.45) is 5.73 Å². The van der Waals surface area contributed by atoms with Gasteiger partial charge in [-0.2, -0.15) is 11.8 Å². The van der Waals surface area contributed by atoms with Gasteiger partial charge in [0.05, 0.1) is 20.3 Å². The number of hydrogen-bond acceptors (Lipinski definition) is 5. The fraction of sp³-hybridized carbons (Fsp3) is 0.571. The van der Waals surface area contributed by atoms with Gasteiger partial charge in [-0.3, -0.25) is 4.90 Å². The maximum Gasteiger partial charge on any atom is 0.165 e. The van der Waals surface area contributed by atoms with E-state index in [4.69, 9.17) is 15.2 Å². The second-order valence-electron chi connectivity index (χ2n) is 4.31. The Morgan fingerprint density at radius 3 is 2.58 bits per heavy atom. The summed E-state index contributed by atoms with van der Waals surface area (Å²) in [6.45, 7) is 1.54. The summed E-state index contributed by atoms with van der Waals surface area (Å²) in [6.07, 6.45) is 2.11. The van der Waals surface area contributed by atoms with Crippen molar-refractivity contribution in [2.75, 3.05) is 46.4 Å². The molecule has 0 aromatic heterocycles. The lowest BCUT2D eigenvalue weighted by Crippen LogP contribution is -2.32. The summed E-state index contributed by atoms with van der Waals surface area (Å²) in [4.78, 5) is 2.26. The van der Waals surface area contributed by atoms with Crippen molar-refractivity contribution in [2.45, 2.75) is 6.04 Å². The standard InChI is InChI=1S/C14H24N2O2S/c1-16(8-9-19-4)12(10-15)11-6-5-7-13(17-2)14(11)18-3/h5-7,12H,8-10,15H2,1-4H3. The highest BCUT2D eigenvalue weighted by atomic mass is 32.2. The maximum absolute atomic E-state index is 5.95. The number of methoxy groups -OCH3 is 2. The molecular formula is C14H24N2O2S. The van der Waals surface area contributed by atoms with Crippen LogP contribution in [0.25, 0.3) is 0 Å². The SMILES string of the molecule is COc1cccc(C(CN)N(C)CCSC)c1OC.